The summed E-state index contributed by atoms with van der Waals surface area (Å²) in [5.74, 6) is 1.53. The first-order valence-electron chi connectivity index (χ1n) is 10.6. The standard InChI is InChI=1S/C23H28N8S/c1-17-15-27-23(32-17)29-22-14-19(6-9-26-22)16-30-10-12-31(13-11-30)20-4-5-21(28-18(20)2)25-8-3-7-24/h3-9,14-15H,10-13,16,24H2,1-2H3,(H,26,27,29)/b7-3-,25-8?. The molecule has 3 N–H and O–H groups in total. The molecule has 4 heterocycles. The number of piperazine rings is 1. The number of allylic oxidation sites excluding steroid dienone is 1. The van der Waals surface area contributed by atoms with E-state index < -0.39 is 0 Å². The van der Waals surface area contributed by atoms with Gasteiger partial charge in [0.2, 0.25) is 0 Å². The van der Waals surface area contributed by atoms with E-state index in [0.717, 1.165) is 49.4 Å². The number of pyridine rings is 2. The number of aliphatic imine (C=N–C) groups is 1. The number of nitrogens with two attached hydrogens (primary N) is 1. The molecule has 0 unspecified atom stereocenters. The maximum absolute atomic E-state index is 5.33. The fourth-order valence-corrected chi connectivity index (χ4v) is 4.36. The van der Waals surface area contributed by atoms with E-state index in [1.807, 2.05) is 32.3 Å². The molecule has 3 aromatic rings. The van der Waals surface area contributed by atoms with Gasteiger partial charge < -0.3 is 16.0 Å². The zero-order valence-electron chi connectivity index (χ0n) is 18.4. The monoisotopic (exact) mass is 448 g/mol. The number of hydrogen-bond donors (Lipinski definition) is 2. The van der Waals surface area contributed by atoms with Crippen molar-refractivity contribution >= 4 is 40.0 Å². The van der Waals surface area contributed by atoms with Gasteiger partial charge in [-0.25, -0.2) is 19.9 Å². The smallest absolute Gasteiger partial charge is 0.188 e. The van der Waals surface area contributed by atoms with Gasteiger partial charge in [-0.1, -0.05) is 0 Å². The molecule has 1 aliphatic rings. The van der Waals surface area contributed by atoms with E-state index in [-0.39, 0.29) is 0 Å². The molecule has 3 aromatic heterocycles. The van der Waals surface area contributed by atoms with Crippen LogP contribution in [0.2, 0.25) is 0 Å². The lowest BCUT2D eigenvalue weighted by atomic mass is 10.2. The average molecular weight is 449 g/mol. The molecular weight excluding hydrogens is 420 g/mol. The number of aryl methyl sites for hydroxylation is 2. The average Bonchev–Trinajstić information content (AvgIpc) is 3.19. The minimum atomic E-state index is 0.693. The fraction of sp³-hybridized carbons (Fsp3) is 0.304. The Morgan fingerprint density at radius 1 is 1.16 bits per heavy atom. The summed E-state index contributed by atoms with van der Waals surface area (Å²) in [5.41, 5.74) is 8.74. The summed E-state index contributed by atoms with van der Waals surface area (Å²) in [4.78, 5) is 23.7. The van der Waals surface area contributed by atoms with E-state index >= 15 is 0 Å². The van der Waals surface area contributed by atoms with E-state index in [0.29, 0.717) is 5.82 Å². The van der Waals surface area contributed by atoms with E-state index in [2.05, 4.69) is 53.3 Å². The maximum Gasteiger partial charge on any atom is 0.188 e. The predicted molar refractivity (Wildman–Crippen MR) is 132 cm³/mol. The van der Waals surface area contributed by atoms with Crippen molar-refractivity contribution in [3.05, 3.63) is 65.1 Å². The molecule has 9 heteroatoms. The molecule has 0 spiro atoms. The van der Waals surface area contributed by atoms with Crippen LogP contribution in [-0.2, 0) is 6.54 Å². The van der Waals surface area contributed by atoms with Crippen molar-refractivity contribution in [2.24, 2.45) is 10.7 Å². The summed E-state index contributed by atoms with van der Waals surface area (Å²) in [7, 11) is 0. The van der Waals surface area contributed by atoms with Gasteiger partial charge in [-0.05, 0) is 56.0 Å². The van der Waals surface area contributed by atoms with Gasteiger partial charge in [0, 0.05) is 56.2 Å². The summed E-state index contributed by atoms with van der Waals surface area (Å²) < 4.78 is 0. The van der Waals surface area contributed by atoms with Crippen molar-refractivity contribution in [1.29, 1.82) is 0 Å². The number of nitrogens with zero attached hydrogens (tertiary/aromatic N) is 6. The van der Waals surface area contributed by atoms with Gasteiger partial charge in [-0.2, -0.15) is 0 Å². The Morgan fingerprint density at radius 2 is 2.00 bits per heavy atom. The van der Waals surface area contributed by atoms with Gasteiger partial charge in [0.05, 0.1) is 11.4 Å². The summed E-state index contributed by atoms with van der Waals surface area (Å²) in [5, 5.41) is 4.17. The zero-order chi connectivity index (χ0) is 22.3. The molecule has 0 bridgehead atoms. The Hall–Kier alpha value is -3.30. The van der Waals surface area contributed by atoms with Crippen LogP contribution in [0.25, 0.3) is 0 Å². The van der Waals surface area contributed by atoms with Crippen molar-refractivity contribution in [3.8, 4) is 0 Å². The molecule has 1 aliphatic heterocycles. The molecule has 0 atom stereocenters. The largest absolute Gasteiger partial charge is 0.405 e. The first kappa shape index (κ1) is 21.9. The first-order chi connectivity index (χ1) is 15.6. The van der Waals surface area contributed by atoms with Crippen molar-refractivity contribution in [3.63, 3.8) is 0 Å². The highest BCUT2D eigenvalue weighted by atomic mass is 32.1. The number of thiazole rings is 1. The number of anilines is 3. The third-order valence-electron chi connectivity index (χ3n) is 5.25. The quantitative estimate of drug-likeness (QED) is 0.531. The minimum absolute atomic E-state index is 0.693. The lowest BCUT2D eigenvalue weighted by Crippen LogP contribution is -2.46. The lowest BCUT2D eigenvalue weighted by Gasteiger charge is -2.36. The van der Waals surface area contributed by atoms with Gasteiger partial charge in [-0.3, -0.25) is 4.90 Å². The molecule has 32 heavy (non-hydrogen) atoms. The highest BCUT2D eigenvalue weighted by Gasteiger charge is 2.19. The third-order valence-corrected chi connectivity index (χ3v) is 6.08. The molecule has 8 nitrogen and oxygen atoms in total. The van der Waals surface area contributed by atoms with Crippen LogP contribution in [0.3, 0.4) is 0 Å². The van der Waals surface area contributed by atoms with Gasteiger partial charge in [0.15, 0.2) is 10.9 Å². The minimum Gasteiger partial charge on any atom is -0.405 e. The van der Waals surface area contributed by atoms with Crippen LogP contribution in [0, 0.1) is 13.8 Å². The van der Waals surface area contributed by atoms with Crippen molar-refractivity contribution in [2.45, 2.75) is 20.4 Å². The number of aromatic nitrogens is 3. The van der Waals surface area contributed by atoms with Gasteiger partial charge in [0.1, 0.15) is 5.82 Å². The Kier molecular flexibility index (Phi) is 7.08. The topological polar surface area (TPSA) is 95.6 Å². The molecule has 4 rings (SSSR count). The Balaban J connectivity index is 1.33. The Bertz CT molecular complexity index is 1100. The highest BCUT2D eigenvalue weighted by molar-refractivity contribution is 7.15. The predicted octanol–water partition coefficient (Wildman–Crippen LogP) is 3.79. The zero-order valence-corrected chi connectivity index (χ0v) is 19.2. The van der Waals surface area contributed by atoms with Crippen LogP contribution >= 0.6 is 11.3 Å². The molecule has 0 saturated carbocycles. The van der Waals surface area contributed by atoms with Gasteiger partial charge in [0.25, 0.3) is 0 Å². The molecule has 166 valence electrons. The third kappa shape index (κ3) is 5.68. The van der Waals surface area contributed by atoms with Crippen molar-refractivity contribution < 1.29 is 0 Å². The van der Waals surface area contributed by atoms with E-state index in [9.17, 15) is 0 Å². The first-order valence-corrected chi connectivity index (χ1v) is 11.4. The summed E-state index contributed by atoms with van der Waals surface area (Å²) in [6, 6.07) is 8.25. The summed E-state index contributed by atoms with van der Waals surface area (Å²) in [6.45, 7) is 8.92. The number of nitrogens with one attached hydrogen (secondary N) is 1. The molecule has 0 aliphatic carbocycles. The Morgan fingerprint density at radius 3 is 2.72 bits per heavy atom. The molecule has 1 saturated heterocycles. The molecule has 0 amide bonds. The maximum atomic E-state index is 5.33. The molecule has 1 fully saturated rings. The Labute approximate surface area is 192 Å². The molecule has 0 radical (unpaired) electrons. The molecular formula is C23H28N8S. The van der Waals surface area contributed by atoms with Gasteiger partial charge in [-0.15, -0.1) is 11.3 Å². The normalized spacial score (nSPS) is 15.1. The second kappa shape index (κ2) is 10.3. The highest BCUT2D eigenvalue weighted by Crippen LogP contribution is 2.24. The van der Waals surface area contributed by atoms with Crippen LogP contribution in [0.1, 0.15) is 16.1 Å². The van der Waals surface area contributed by atoms with Crippen LogP contribution in [0.15, 0.2) is 53.9 Å². The van der Waals surface area contributed by atoms with Crippen molar-refractivity contribution in [1.82, 2.24) is 19.9 Å². The lowest BCUT2D eigenvalue weighted by molar-refractivity contribution is 0.249. The van der Waals surface area contributed by atoms with Crippen LogP contribution in [-0.4, -0.2) is 52.2 Å². The number of rotatable bonds is 7. The van der Waals surface area contributed by atoms with Crippen LogP contribution in [0.4, 0.5) is 22.5 Å². The number of hydrogen-bond acceptors (Lipinski definition) is 9. The van der Waals surface area contributed by atoms with E-state index in [1.54, 1.807) is 23.6 Å². The second-order valence-electron chi connectivity index (χ2n) is 7.65. The van der Waals surface area contributed by atoms with E-state index in [4.69, 9.17) is 5.73 Å². The van der Waals surface area contributed by atoms with Crippen molar-refractivity contribution in [2.75, 3.05) is 36.4 Å². The van der Waals surface area contributed by atoms with Crippen LogP contribution < -0.4 is 16.0 Å². The summed E-state index contributed by atoms with van der Waals surface area (Å²) >= 11 is 1.63. The fourth-order valence-electron chi connectivity index (χ4n) is 3.68. The molecule has 0 aromatic carbocycles. The van der Waals surface area contributed by atoms with Crippen LogP contribution in [0.5, 0.6) is 0 Å². The second-order valence-corrected chi connectivity index (χ2v) is 8.89. The SMILES string of the molecule is Cc1cnc(Nc2cc(CN3CCN(c4ccc(N=C/C=C\N)nc4C)CC3)ccn2)s1. The van der Waals surface area contributed by atoms with E-state index in [1.165, 1.54) is 22.3 Å². The summed E-state index contributed by atoms with van der Waals surface area (Å²) in [6.07, 6.45) is 8.52. The van der Waals surface area contributed by atoms with Gasteiger partial charge >= 0.3 is 0 Å².